The number of hydrogen-bond donors (Lipinski definition) is 2. The summed E-state index contributed by atoms with van der Waals surface area (Å²) in [6, 6.07) is 0.325. The number of rotatable bonds is 4. The number of nitrogens with zero attached hydrogens (tertiary/aromatic N) is 1. The van der Waals surface area contributed by atoms with Crippen molar-refractivity contribution in [2.45, 2.75) is 53.0 Å². The lowest BCUT2D eigenvalue weighted by molar-refractivity contribution is -0.117. The largest absolute Gasteiger partial charge is 0.384 e. The van der Waals surface area contributed by atoms with Crippen LogP contribution in [0, 0.1) is 5.41 Å². The predicted molar refractivity (Wildman–Crippen MR) is 91.5 cm³/mol. The Morgan fingerprint density at radius 1 is 1.41 bits per heavy atom. The first-order valence-corrected chi connectivity index (χ1v) is 8.73. The van der Waals surface area contributed by atoms with Crippen LogP contribution in [-0.4, -0.2) is 43.0 Å². The third kappa shape index (κ3) is 4.13. The molecule has 0 bridgehead atoms. The second-order valence-corrected chi connectivity index (χ2v) is 6.66. The lowest BCUT2D eigenvalue weighted by Crippen LogP contribution is -2.36. The molecule has 2 N–H and O–H groups in total. The van der Waals surface area contributed by atoms with Crippen LogP contribution < -0.4 is 10.6 Å². The van der Waals surface area contributed by atoms with Crippen molar-refractivity contribution in [2.24, 2.45) is 5.41 Å². The van der Waals surface area contributed by atoms with E-state index in [1.165, 1.54) is 37.9 Å². The van der Waals surface area contributed by atoms with Gasteiger partial charge in [0.15, 0.2) is 0 Å². The number of likely N-dealkylation sites (tertiary alicyclic amines) is 1. The topological polar surface area (TPSA) is 44.4 Å². The summed E-state index contributed by atoms with van der Waals surface area (Å²) in [4.78, 5) is 14.6. The maximum absolute atomic E-state index is 12.1. The van der Waals surface area contributed by atoms with Gasteiger partial charge in [-0.25, -0.2) is 0 Å². The Morgan fingerprint density at radius 2 is 2.14 bits per heavy atom. The number of dihydropyridines is 1. The third-order valence-corrected chi connectivity index (χ3v) is 5.01. The van der Waals surface area contributed by atoms with Crippen molar-refractivity contribution in [2.75, 3.05) is 26.2 Å². The highest BCUT2D eigenvalue weighted by Crippen LogP contribution is 2.52. The fourth-order valence-corrected chi connectivity index (χ4v) is 3.12. The van der Waals surface area contributed by atoms with Gasteiger partial charge in [0.1, 0.15) is 0 Å². The summed E-state index contributed by atoms with van der Waals surface area (Å²) in [5.41, 5.74) is 2.61. The molecule has 2 aliphatic heterocycles. The molecule has 0 aromatic heterocycles. The van der Waals surface area contributed by atoms with Gasteiger partial charge in [0.2, 0.25) is 0 Å². The number of carbonyl (C=O) groups excluding carboxylic acids is 1. The molecule has 1 saturated heterocycles. The maximum Gasteiger partial charge on any atom is 0.252 e. The molecule has 22 heavy (non-hydrogen) atoms. The van der Waals surface area contributed by atoms with Crippen molar-refractivity contribution in [1.29, 1.82) is 0 Å². The molecule has 2 fully saturated rings. The Hall–Kier alpha value is -1.29. The molecular formula is C18H31N3O. The van der Waals surface area contributed by atoms with E-state index in [2.05, 4.69) is 29.4 Å². The quantitative estimate of drug-likeness (QED) is 0.838. The molecule has 0 aromatic carbocycles. The Bertz CT molecular complexity index is 463. The third-order valence-electron chi connectivity index (χ3n) is 5.01. The van der Waals surface area contributed by atoms with E-state index in [1.54, 1.807) is 0 Å². The standard InChI is InChI=1S/C16H25N3O.C2H6/c1-12-9-14(10-18-13(12)2)15(20)17-6-8-19-7-5-16(11-19)3-4-16;1-2/h9-10,13,18H,3-8,11H2,1-2H3,(H,17,20);1-2H3. The van der Waals surface area contributed by atoms with Crippen LogP contribution in [0.25, 0.3) is 0 Å². The molecule has 3 aliphatic rings. The molecule has 124 valence electrons. The second kappa shape index (κ2) is 7.32. The zero-order valence-electron chi connectivity index (χ0n) is 14.5. The minimum atomic E-state index is 0.0316. The minimum absolute atomic E-state index is 0.0316. The van der Waals surface area contributed by atoms with Crippen molar-refractivity contribution < 1.29 is 4.79 Å². The monoisotopic (exact) mass is 305 g/mol. The zero-order chi connectivity index (χ0) is 16.2. The highest BCUT2D eigenvalue weighted by Gasteiger charge is 2.47. The fraction of sp³-hybridized carbons (Fsp3) is 0.722. The first-order valence-electron chi connectivity index (χ1n) is 8.73. The minimum Gasteiger partial charge on any atom is -0.384 e. The maximum atomic E-state index is 12.1. The van der Waals surface area contributed by atoms with Crippen molar-refractivity contribution in [1.82, 2.24) is 15.5 Å². The van der Waals surface area contributed by atoms with Gasteiger partial charge in [-0.1, -0.05) is 19.4 Å². The molecule has 2 heterocycles. The number of carbonyl (C=O) groups is 1. The summed E-state index contributed by atoms with van der Waals surface area (Å²) in [6.45, 7) is 12.3. The summed E-state index contributed by atoms with van der Waals surface area (Å²) in [6.07, 6.45) is 7.98. The van der Waals surface area contributed by atoms with E-state index in [0.717, 1.165) is 18.7 Å². The van der Waals surface area contributed by atoms with Gasteiger partial charge < -0.3 is 15.5 Å². The van der Waals surface area contributed by atoms with E-state index < -0.39 is 0 Å². The first-order chi connectivity index (χ1) is 10.6. The molecule has 1 spiro atoms. The van der Waals surface area contributed by atoms with Gasteiger partial charge in [-0.15, -0.1) is 0 Å². The molecule has 1 saturated carbocycles. The molecule has 0 aromatic rings. The van der Waals surface area contributed by atoms with Gasteiger partial charge in [-0.05, 0) is 51.1 Å². The molecule has 1 atom stereocenters. The summed E-state index contributed by atoms with van der Waals surface area (Å²) >= 11 is 0. The highest BCUT2D eigenvalue weighted by molar-refractivity contribution is 5.96. The molecule has 1 unspecified atom stereocenters. The lowest BCUT2D eigenvalue weighted by atomic mass is 10.0. The van der Waals surface area contributed by atoms with Gasteiger partial charge in [-0.2, -0.15) is 0 Å². The molecule has 0 radical (unpaired) electrons. The van der Waals surface area contributed by atoms with Crippen LogP contribution in [0.5, 0.6) is 0 Å². The Kier molecular flexibility index (Phi) is 5.68. The average molecular weight is 305 g/mol. The number of amides is 1. The summed E-state index contributed by atoms with van der Waals surface area (Å²) in [5.74, 6) is 0.0316. The molecule has 3 rings (SSSR count). The van der Waals surface area contributed by atoms with Crippen molar-refractivity contribution in [3.63, 3.8) is 0 Å². The van der Waals surface area contributed by atoms with E-state index in [-0.39, 0.29) is 5.91 Å². The molecule has 4 heteroatoms. The highest BCUT2D eigenvalue weighted by atomic mass is 16.1. The molecule has 1 amide bonds. The molecule has 1 aliphatic carbocycles. The summed E-state index contributed by atoms with van der Waals surface area (Å²) in [5, 5.41) is 6.24. The van der Waals surface area contributed by atoms with Crippen LogP contribution in [0.4, 0.5) is 0 Å². The van der Waals surface area contributed by atoms with Crippen molar-refractivity contribution in [3.8, 4) is 0 Å². The van der Waals surface area contributed by atoms with Crippen LogP contribution in [0.15, 0.2) is 23.4 Å². The fourth-order valence-electron chi connectivity index (χ4n) is 3.12. The second-order valence-electron chi connectivity index (χ2n) is 6.66. The van der Waals surface area contributed by atoms with E-state index >= 15 is 0 Å². The van der Waals surface area contributed by atoms with E-state index in [1.807, 2.05) is 26.1 Å². The van der Waals surface area contributed by atoms with E-state index in [4.69, 9.17) is 0 Å². The van der Waals surface area contributed by atoms with Crippen LogP contribution in [0.3, 0.4) is 0 Å². The Morgan fingerprint density at radius 3 is 2.73 bits per heavy atom. The Balaban J connectivity index is 0.000000847. The van der Waals surface area contributed by atoms with E-state index in [9.17, 15) is 4.79 Å². The number of nitrogens with one attached hydrogen (secondary N) is 2. The van der Waals surface area contributed by atoms with Gasteiger partial charge in [0, 0.05) is 31.9 Å². The predicted octanol–water partition coefficient (Wildman–Crippen LogP) is 2.44. The zero-order valence-corrected chi connectivity index (χ0v) is 14.5. The Labute approximate surface area is 135 Å². The summed E-state index contributed by atoms with van der Waals surface area (Å²) < 4.78 is 0. The number of hydrogen-bond acceptors (Lipinski definition) is 3. The SMILES string of the molecule is CC.CC1=CC(C(=O)NCCN2CCC3(CC3)C2)=CNC1C. The summed E-state index contributed by atoms with van der Waals surface area (Å²) in [7, 11) is 0. The van der Waals surface area contributed by atoms with Crippen LogP contribution in [0.1, 0.15) is 47.0 Å². The van der Waals surface area contributed by atoms with Crippen molar-refractivity contribution >= 4 is 5.91 Å². The average Bonchev–Trinajstić information content (AvgIpc) is 3.16. The van der Waals surface area contributed by atoms with Gasteiger partial charge >= 0.3 is 0 Å². The van der Waals surface area contributed by atoms with Gasteiger partial charge in [-0.3, -0.25) is 4.79 Å². The first kappa shape index (κ1) is 17.1. The smallest absolute Gasteiger partial charge is 0.252 e. The van der Waals surface area contributed by atoms with Gasteiger partial charge in [0.05, 0.1) is 5.57 Å². The lowest BCUT2D eigenvalue weighted by Gasteiger charge is -2.20. The van der Waals surface area contributed by atoms with Crippen LogP contribution >= 0.6 is 0 Å². The van der Waals surface area contributed by atoms with Crippen molar-refractivity contribution in [3.05, 3.63) is 23.4 Å². The normalized spacial score (nSPS) is 25.5. The van der Waals surface area contributed by atoms with Crippen LogP contribution in [0.2, 0.25) is 0 Å². The molecular weight excluding hydrogens is 274 g/mol. The molecule has 4 nitrogen and oxygen atoms in total. The van der Waals surface area contributed by atoms with E-state index in [0.29, 0.717) is 11.5 Å². The van der Waals surface area contributed by atoms with Gasteiger partial charge in [0.25, 0.3) is 5.91 Å². The van der Waals surface area contributed by atoms with Crippen LogP contribution in [-0.2, 0) is 4.79 Å².